The standard InChI is InChI=1S/C72H82F2N2O4Si2.C39H54BNO4Si.C16H14Br2F2O2/c1-7-9-11-13-15-27-43-81(3,4)53-47-61(71(77)67(49-53)75-63-33-21-17-29-55(63)56-30-18-22-34-64(56)75)59-45-51(73)37-39-69(59)79-41-25-26-42-80-70-40-38-52(74)46-60(70)62-48-54(82(5,6)44-28-16-14-12-10-8-2)50-68(72(62)78)76-65-35-23-19-31-57(65)58-32-20-24-36-66(58)76;1-8-9-10-11-12-19-26-46(6,7)29-27-32(40-44-38(2,3)39(4,5)45-40)37(43-36-24-17-18-25-42-36)35(28-29)41-33-22-15-13-20-30(33)31-21-14-16-23-34(31)41;17-13-9-11(19)3-5-15(13)21-7-1-2-8-22-16-6-4-12(20)10-14(16)18/h17-24,29-40,45-50,77-78H,7-16,25-28,41-44H2,1-6H3;13-16,20-23,27-28,36H,8-12,17-19,24-26H2,1-7H3;3-6,9-10H,1-2,7-8H2. The van der Waals surface area contributed by atoms with Gasteiger partial charge in [0, 0.05) is 66.5 Å². The lowest BCUT2D eigenvalue weighted by molar-refractivity contribution is -0.105. The molecule has 0 amide bonds. The average Bonchev–Trinajstić information content (AvgIpc) is 1.53. The lowest BCUT2D eigenvalue weighted by atomic mass is 9.78. The summed E-state index contributed by atoms with van der Waals surface area (Å²) >= 11 is 6.50. The molecule has 2 N–H and O–H groups in total. The van der Waals surface area contributed by atoms with Crippen LogP contribution in [0, 0.1) is 23.3 Å². The van der Waals surface area contributed by atoms with Crippen molar-refractivity contribution in [1.82, 2.24) is 13.7 Å². The Morgan fingerprint density at radius 3 is 0.960 bits per heavy atom. The molecule has 0 saturated carbocycles. The van der Waals surface area contributed by atoms with E-state index in [9.17, 15) is 19.0 Å². The maximum absolute atomic E-state index is 15.6. The molecule has 18 rings (SSSR count). The topological polar surface area (TPSA) is 129 Å². The summed E-state index contributed by atoms with van der Waals surface area (Å²) in [6.07, 6.45) is 28.0. The van der Waals surface area contributed by atoms with Crippen molar-refractivity contribution in [3.05, 3.63) is 287 Å². The van der Waals surface area contributed by atoms with Crippen molar-refractivity contribution in [1.29, 1.82) is 0 Å². The van der Waals surface area contributed by atoms with E-state index in [1.165, 1.54) is 195 Å². The van der Waals surface area contributed by atoms with Crippen LogP contribution in [-0.2, 0) is 14.0 Å². The van der Waals surface area contributed by atoms with E-state index < -0.39 is 54.2 Å². The van der Waals surface area contributed by atoms with Gasteiger partial charge in [-0.2, -0.15) is 0 Å². The highest BCUT2D eigenvalue weighted by molar-refractivity contribution is 9.11. The Kier molecular flexibility index (Phi) is 38.2. The summed E-state index contributed by atoms with van der Waals surface area (Å²) < 4.78 is 116. The summed E-state index contributed by atoms with van der Waals surface area (Å²) in [6.45, 7) is 32.4. The van der Waals surface area contributed by atoms with Gasteiger partial charge in [0.25, 0.3) is 0 Å². The number of aromatic nitrogens is 3. The van der Waals surface area contributed by atoms with Crippen molar-refractivity contribution in [3.8, 4) is 79.6 Å². The van der Waals surface area contributed by atoms with Crippen molar-refractivity contribution in [2.24, 2.45) is 0 Å². The second kappa shape index (κ2) is 51.3. The molecule has 2 aliphatic rings. The number of fused-ring (bicyclic) bond motifs is 9. The largest absolute Gasteiger partial charge is 0.505 e. The fraction of sp³-hybridized carbons (Fsp3) is 0.386. The molecule has 1 atom stereocenters. The van der Waals surface area contributed by atoms with Crippen LogP contribution in [0.2, 0.25) is 57.4 Å². The number of hydrogen-bond donors (Lipinski definition) is 2. The summed E-state index contributed by atoms with van der Waals surface area (Å²) in [4.78, 5) is 0. The third-order valence-electron chi connectivity index (χ3n) is 30.8. The number of nitrogens with zero attached hydrogens (tertiary/aromatic N) is 3. The highest BCUT2D eigenvalue weighted by Gasteiger charge is 2.53. The van der Waals surface area contributed by atoms with Crippen LogP contribution < -0.4 is 44.7 Å². The minimum atomic E-state index is -2.11. The first-order valence-corrected chi connectivity index (χ1v) is 66.1. The number of aromatic hydroxyl groups is 2. The van der Waals surface area contributed by atoms with Gasteiger partial charge in [-0.1, -0.05) is 337 Å². The van der Waals surface area contributed by atoms with Gasteiger partial charge in [0.15, 0.2) is 6.29 Å². The van der Waals surface area contributed by atoms with Crippen LogP contribution in [0.3, 0.4) is 0 Å². The van der Waals surface area contributed by atoms with Crippen LogP contribution in [-0.4, -0.2) is 106 Å². The molecular formula is C127H150BBr2F4N3O10Si3. The molecule has 0 radical (unpaired) electrons. The molecule has 0 bridgehead atoms. The number of unbranched alkanes of at least 4 members (excludes halogenated alkanes) is 17. The van der Waals surface area contributed by atoms with Crippen molar-refractivity contribution < 1.29 is 65.5 Å². The number of benzene rings is 13. The molecule has 2 aliphatic heterocycles. The van der Waals surface area contributed by atoms with Gasteiger partial charge in [0.1, 0.15) is 63.5 Å². The smallest absolute Gasteiger partial charge is 0.498 e. The summed E-state index contributed by atoms with van der Waals surface area (Å²) in [5, 5.41) is 36.0. The number of hydrogen-bond acceptors (Lipinski definition) is 10. The van der Waals surface area contributed by atoms with Crippen LogP contribution in [0.5, 0.6) is 40.2 Å². The van der Waals surface area contributed by atoms with Gasteiger partial charge in [0.05, 0.1) is 128 Å². The molecular weight excluding hydrogens is 2060 g/mol. The van der Waals surface area contributed by atoms with E-state index >= 15 is 8.78 Å². The van der Waals surface area contributed by atoms with E-state index in [4.69, 9.17) is 37.7 Å². The molecule has 3 aromatic heterocycles. The SMILES string of the molecule is CCCCCCCC[Si](C)(C)c1cc(-c2cc(F)ccc2OCCCCOc2ccc(F)cc2-c2cc([Si](C)(C)CCCCCCCC)cc(-n3c4ccccc4c4ccccc43)c2O)c(O)c(-n2c3ccccc3c3ccccc32)c1.CCCCCCCC[Si](C)(C)c1cc(B2OC(C)(C)C(C)(C)O2)c(OC2CCCCO2)c(-n2c3ccccc3c3ccccc32)c1.Fc1ccc(OCCCCOc2ccc(F)cc2Br)c(Br)c1. The van der Waals surface area contributed by atoms with E-state index in [1.807, 2.05) is 48.5 Å². The fourth-order valence-corrected chi connectivity index (χ4v) is 29.6. The molecule has 23 heteroatoms. The van der Waals surface area contributed by atoms with E-state index in [0.717, 1.165) is 124 Å². The number of phenolic OH excluding ortho intramolecular Hbond substituents is 2. The Morgan fingerprint density at radius 1 is 0.340 bits per heavy atom. The number of rotatable bonds is 46. The van der Waals surface area contributed by atoms with Crippen LogP contribution in [0.4, 0.5) is 17.6 Å². The first-order valence-electron chi connectivity index (χ1n) is 54.9. The van der Waals surface area contributed by atoms with Crippen LogP contribution >= 0.6 is 31.9 Å². The Bertz CT molecular complexity index is 6820. The van der Waals surface area contributed by atoms with Gasteiger partial charge < -0.3 is 61.6 Å². The molecule has 0 aliphatic carbocycles. The molecule has 5 heterocycles. The third-order valence-corrected chi connectivity index (χ3v) is 42.4. The Hall–Kier alpha value is -10.9. The van der Waals surface area contributed by atoms with Gasteiger partial charge >= 0.3 is 7.12 Å². The molecule has 0 spiro atoms. The zero-order valence-corrected chi connectivity index (χ0v) is 96.2. The van der Waals surface area contributed by atoms with Crippen LogP contribution in [0.25, 0.3) is 105 Å². The van der Waals surface area contributed by atoms with Crippen molar-refractivity contribution in [2.75, 3.05) is 33.0 Å². The van der Waals surface area contributed by atoms with E-state index in [2.05, 4.69) is 267 Å². The maximum Gasteiger partial charge on any atom is 0.498 e. The fourth-order valence-electron chi connectivity index (χ4n) is 21.2. The lowest BCUT2D eigenvalue weighted by Crippen LogP contribution is -2.46. The quantitative estimate of drug-likeness (QED) is 0.0216. The number of ether oxygens (including phenoxy) is 6. The van der Waals surface area contributed by atoms with Crippen molar-refractivity contribution in [3.63, 3.8) is 0 Å². The third kappa shape index (κ3) is 26.6. The maximum atomic E-state index is 15.6. The monoisotopic (exact) mass is 2210 g/mol. The number of para-hydroxylation sites is 6. The van der Waals surface area contributed by atoms with Gasteiger partial charge in [-0.15, -0.1) is 0 Å². The van der Waals surface area contributed by atoms with Crippen LogP contribution in [0.1, 0.15) is 209 Å². The van der Waals surface area contributed by atoms with Gasteiger partial charge in [-0.25, -0.2) is 17.6 Å². The van der Waals surface area contributed by atoms with Crippen molar-refractivity contribution >= 4 is 150 Å². The summed E-state index contributed by atoms with van der Waals surface area (Å²) in [7, 11) is -6.63. The molecule has 2 saturated heterocycles. The zero-order valence-electron chi connectivity index (χ0n) is 90.0. The highest BCUT2D eigenvalue weighted by atomic mass is 79.9. The average molecular weight is 2210 g/mol. The van der Waals surface area contributed by atoms with E-state index in [0.29, 0.717) is 105 Å². The number of phenols is 2. The molecule has 2 fully saturated rings. The summed E-state index contributed by atoms with van der Waals surface area (Å²) in [6, 6.07) is 85.3. The van der Waals surface area contributed by atoms with Crippen LogP contribution in [0.15, 0.2) is 264 Å². The molecule has 16 aromatic rings. The van der Waals surface area contributed by atoms with Gasteiger partial charge in [-0.3, -0.25) is 0 Å². The first-order chi connectivity index (χ1) is 72.4. The minimum absolute atomic E-state index is 0.0704. The predicted molar refractivity (Wildman–Crippen MR) is 631 cm³/mol. The molecule has 790 valence electrons. The van der Waals surface area contributed by atoms with E-state index in [-0.39, 0.29) is 29.4 Å². The predicted octanol–water partition coefficient (Wildman–Crippen LogP) is 34.7. The van der Waals surface area contributed by atoms with Gasteiger partial charge in [-0.05, 0) is 225 Å². The second-order valence-corrected chi connectivity index (χ2v) is 60.0. The zero-order chi connectivity index (χ0) is 106. The summed E-state index contributed by atoms with van der Waals surface area (Å²) in [5.41, 5.74) is 10.8. The van der Waals surface area contributed by atoms with Gasteiger partial charge in [0.2, 0.25) is 0 Å². The molecule has 1 unspecified atom stereocenters. The minimum Gasteiger partial charge on any atom is -0.505 e. The Labute approximate surface area is 905 Å². The van der Waals surface area contributed by atoms with E-state index in [1.54, 1.807) is 24.3 Å². The summed E-state index contributed by atoms with van der Waals surface area (Å²) in [5.74, 6) is 1.70. The first kappa shape index (κ1) is 112. The second-order valence-electron chi connectivity index (χ2n) is 43.8. The Morgan fingerprint density at radius 2 is 0.633 bits per heavy atom. The molecule has 13 aromatic carbocycles. The molecule has 150 heavy (non-hydrogen) atoms. The number of halogens is 6. The normalized spacial score (nSPS) is 14.2. The van der Waals surface area contributed by atoms with Crippen molar-refractivity contribution in [2.45, 2.75) is 284 Å². The Balaban J connectivity index is 0.000000195. The lowest BCUT2D eigenvalue weighted by Gasteiger charge is -2.32. The highest BCUT2D eigenvalue weighted by Crippen LogP contribution is 2.48. The molecule has 13 nitrogen and oxygen atoms in total.